The van der Waals surface area contributed by atoms with E-state index in [0.29, 0.717) is 13.2 Å². The van der Waals surface area contributed by atoms with Gasteiger partial charge >= 0.3 is 0 Å². The first-order valence-corrected chi connectivity index (χ1v) is 5.24. The second-order valence-corrected chi connectivity index (χ2v) is 4.48. The molecule has 0 bridgehead atoms. The predicted molar refractivity (Wildman–Crippen MR) is 54.0 cm³/mol. The summed E-state index contributed by atoms with van der Waals surface area (Å²) >= 11 is 0. The minimum atomic E-state index is -0.195. The van der Waals surface area contributed by atoms with Crippen molar-refractivity contribution in [3.8, 4) is 6.07 Å². The van der Waals surface area contributed by atoms with Gasteiger partial charge in [0.25, 0.3) is 0 Å². The van der Waals surface area contributed by atoms with Gasteiger partial charge in [0.05, 0.1) is 35.8 Å². The van der Waals surface area contributed by atoms with E-state index < -0.39 is 0 Å². The minimum absolute atomic E-state index is 0.122. The molecule has 3 heteroatoms. The second-order valence-electron chi connectivity index (χ2n) is 4.48. The van der Waals surface area contributed by atoms with E-state index in [9.17, 15) is 5.26 Å². The van der Waals surface area contributed by atoms with E-state index in [1.54, 1.807) is 6.20 Å². The first-order chi connectivity index (χ1) is 7.33. The zero-order valence-electron chi connectivity index (χ0n) is 8.44. The highest BCUT2D eigenvalue weighted by Gasteiger charge is 2.65. The Kier molecular flexibility index (Phi) is 1.66. The highest BCUT2D eigenvalue weighted by Crippen LogP contribution is 2.61. The third kappa shape index (κ3) is 1.00. The molecule has 0 unspecified atom stereocenters. The summed E-state index contributed by atoms with van der Waals surface area (Å²) < 4.78 is 5.33. The third-order valence-electron chi connectivity index (χ3n) is 3.73. The molecule has 3 rings (SSSR count). The second kappa shape index (κ2) is 2.80. The molecule has 0 N–H and O–H groups in total. The Bertz CT molecular complexity index is 413. The van der Waals surface area contributed by atoms with Gasteiger partial charge in [-0.2, -0.15) is 5.26 Å². The van der Waals surface area contributed by atoms with Crippen molar-refractivity contribution in [3.05, 3.63) is 30.1 Å². The molecule has 0 atom stereocenters. The maximum atomic E-state index is 9.29. The molecule has 2 heterocycles. The van der Waals surface area contributed by atoms with Crippen LogP contribution in [0.5, 0.6) is 0 Å². The standard InChI is InChI=1S/C12H12N2O/c13-7-11(4-5-11)12(8-15-9-12)10-3-1-2-6-14-10/h1-3,6H,4-5,8-9H2. The zero-order valence-corrected chi connectivity index (χ0v) is 8.44. The molecule has 0 spiro atoms. The number of aromatic nitrogens is 1. The molecular weight excluding hydrogens is 188 g/mol. The Labute approximate surface area is 88.7 Å². The van der Waals surface area contributed by atoms with Crippen molar-refractivity contribution in [3.63, 3.8) is 0 Å². The van der Waals surface area contributed by atoms with Crippen LogP contribution in [0.2, 0.25) is 0 Å². The third-order valence-corrected chi connectivity index (χ3v) is 3.73. The molecule has 2 fully saturated rings. The highest BCUT2D eigenvalue weighted by molar-refractivity contribution is 5.34. The summed E-state index contributed by atoms with van der Waals surface area (Å²) in [6.45, 7) is 1.30. The maximum Gasteiger partial charge on any atom is 0.0778 e. The summed E-state index contributed by atoms with van der Waals surface area (Å²) in [6, 6.07) is 8.37. The lowest BCUT2D eigenvalue weighted by atomic mass is 9.69. The van der Waals surface area contributed by atoms with Gasteiger partial charge in [0, 0.05) is 6.20 Å². The number of nitrogens with zero attached hydrogens (tertiary/aromatic N) is 2. The number of hydrogen-bond donors (Lipinski definition) is 0. The lowest BCUT2D eigenvalue weighted by Crippen LogP contribution is -2.53. The van der Waals surface area contributed by atoms with Crippen molar-refractivity contribution in [1.82, 2.24) is 4.98 Å². The fourth-order valence-corrected chi connectivity index (χ4v) is 2.44. The first-order valence-electron chi connectivity index (χ1n) is 5.24. The van der Waals surface area contributed by atoms with Gasteiger partial charge in [-0.05, 0) is 25.0 Å². The van der Waals surface area contributed by atoms with Crippen LogP contribution in [-0.4, -0.2) is 18.2 Å². The van der Waals surface area contributed by atoms with E-state index in [0.717, 1.165) is 18.5 Å². The van der Waals surface area contributed by atoms with E-state index in [4.69, 9.17) is 4.74 Å². The van der Waals surface area contributed by atoms with Crippen molar-refractivity contribution in [2.24, 2.45) is 5.41 Å². The number of ether oxygens (including phenoxy) is 1. The lowest BCUT2D eigenvalue weighted by molar-refractivity contribution is -0.0888. The van der Waals surface area contributed by atoms with Crippen LogP contribution >= 0.6 is 0 Å². The van der Waals surface area contributed by atoms with E-state index in [1.165, 1.54) is 0 Å². The van der Waals surface area contributed by atoms with Gasteiger partial charge in [-0.1, -0.05) is 6.07 Å². The van der Waals surface area contributed by atoms with E-state index in [2.05, 4.69) is 11.1 Å². The predicted octanol–water partition coefficient (Wildman–Crippen LogP) is 1.65. The average Bonchev–Trinajstić information content (AvgIpc) is 2.99. The molecule has 1 aromatic rings. The van der Waals surface area contributed by atoms with Gasteiger partial charge in [0.1, 0.15) is 0 Å². The Morgan fingerprint density at radius 2 is 2.13 bits per heavy atom. The number of hydrogen-bond acceptors (Lipinski definition) is 3. The van der Waals surface area contributed by atoms with Crippen LogP contribution in [0.1, 0.15) is 18.5 Å². The van der Waals surface area contributed by atoms with Crippen molar-refractivity contribution in [2.45, 2.75) is 18.3 Å². The first kappa shape index (κ1) is 8.87. The van der Waals surface area contributed by atoms with Gasteiger partial charge in [-0.15, -0.1) is 0 Å². The SMILES string of the molecule is N#CC1(C2(c3ccccn3)COC2)CC1. The Hall–Kier alpha value is -1.40. The fourth-order valence-electron chi connectivity index (χ4n) is 2.44. The molecule has 3 nitrogen and oxygen atoms in total. The van der Waals surface area contributed by atoms with E-state index in [1.807, 2.05) is 18.2 Å². The van der Waals surface area contributed by atoms with Crippen LogP contribution in [0.4, 0.5) is 0 Å². The zero-order chi connectivity index (χ0) is 10.4. The number of nitriles is 1. The van der Waals surface area contributed by atoms with Crippen LogP contribution < -0.4 is 0 Å². The summed E-state index contributed by atoms with van der Waals surface area (Å²) in [5.74, 6) is 0. The van der Waals surface area contributed by atoms with Gasteiger partial charge in [-0.3, -0.25) is 4.98 Å². The monoisotopic (exact) mass is 200 g/mol. The molecule has 15 heavy (non-hydrogen) atoms. The topological polar surface area (TPSA) is 45.9 Å². The Morgan fingerprint density at radius 1 is 1.33 bits per heavy atom. The Balaban J connectivity index is 2.05. The summed E-state index contributed by atoms with van der Waals surface area (Å²) in [5, 5.41) is 9.29. The summed E-state index contributed by atoms with van der Waals surface area (Å²) in [7, 11) is 0. The minimum Gasteiger partial charge on any atom is -0.379 e. The Morgan fingerprint density at radius 3 is 2.53 bits per heavy atom. The van der Waals surface area contributed by atoms with Crippen molar-refractivity contribution >= 4 is 0 Å². The van der Waals surface area contributed by atoms with Crippen LogP contribution in [0.3, 0.4) is 0 Å². The summed E-state index contributed by atoms with van der Waals surface area (Å²) in [6.07, 6.45) is 3.77. The molecule has 0 amide bonds. The van der Waals surface area contributed by atoms with E-state index >= 15 is 0 Å². The van der Waals surface area contributed by atoms with Crippen molar-refractivity contribution in [1.29, 1.82) is 5.26 Å². The fraction of sp³-hybridized carbons (Fsp3) is 0.500. The lowest BCUT2D eigenvalue weighted by Gasteiger charge is -2.44. The number of pyridine rings is 1. The molecule has 0 aromatic carbocycles. The molecule has 1 aliphatic carbocycles. The smallest absolute Gasteiger partial charge is 0.0778 e. The molecule has 1 aliphatic heterocycles. The summed E-state index contributed by atoms with van der Waals surface area (Å²) in [5.41, 5.74) is 0.707. The summed E-state index contributed by atoms with van der Waals surface area (Å²) in [4.78, 5) is 4.40. The normalized spacial score (nSPS) is 25.0. The molecule has 1 aromatic heterocycles. The molecule has 2 aliphatic rings. The van der Waals surface area contributed by atoms with Crippen LogP contribution in [0, 0.1) is 16.7 Å². The van der Waals surface area contributed by atoms with Crippen LogP contribution in [0.25, 0.3) is 0 Å². The maximum absolute atomic E-state index is 9.29. The average molecular weight is 200 g/mol. The molecule has 0 radical (unpaired) electrons. The van der Waals surface area contributed by atoms with Gasteiger partial charge in [0.2, 0.25) is 0 Å². The number of rotatable bonds is 2. The largest absolute Gasteiger partial charge is 0.379 e. The van der Waals surface area contributed by atoms with Crippen molar-refractivity contribution in [2.75, 3.05) is 13.2 Å². The van der Waals surface area contributed by atoms with Gasteiger partial charge < -0.3 is 4.74 Å². The molecule has 76 valence electrons. The molecule has 1 saturated heterocycles. The van der Waals surface area contributed by atoms with Crippen LogP contribution in [-0.2, 0) is 10.2 Å². The van der Waals surface area contributed by atoms with Crippen molar-refractivity contribution < 1.29 is 4.74 Å². The highest BCUT2D eigenvalue weighted by atomic mass is 16.5. The van der Waals surface area contributed by atoms with Crippen LogP contribution in [0.15, 0.2) is 24.4 Å². The van der Waals surface area contributed by atoms with E-state index in [-0.39, 0.29) is 10.8 Å². The van der Waals surface area contributed by atoms with Gasteiger partial charge in [0.15, 0.2) is 0 Å². The quantitative estimate of drug-likeness (QED) is 0.729. The molecular formula is C12H12N2O. The molecule has 1 saturated carbocycles. The van der Waals surface area contributed by atoms with Gasteiger partial charge in [-0.25, -0.2) is 0 Å².